The van der Waals surface area contributed by atoms with E-state index in [2.05, 4.69) is 5.32 Å². The summed E-state index contributed by atoms with van der Waals surface area (Å²) in [5, 5.41) is 4.13. The van der Waals surface area contributed by atoms with Crippen molar-refractivity contribution in [2.45, 2.75) is 12.8 Å². The Bertz CT molecular complexity index is 601. The van der Waals surface area contributed by atoms with E-state index in [4.69, 9.17) is 23.2 Å². The molecule has 2 aromatic rings. The molecule has 0 aliphatic rings. The molecular formula is C17H18Cl2FN. The highest BCUT2D eigenvalue weighted by Gasteiger charge is 2.13. The van der Waals surface area contributed by atoms with Gasteiger partial charge >= 0.3 is 0 Å². The minimum Gasteiger partial charge on any atom is -0.319 e. The van der Waals surface area contributed by atoms with Gasteiger partial charge < -0.3 is 5.32 Å². The van der Waals surface area contributed by atoms with Gasteiger partial charge in [0.1, 0.15) is 5.82 Å². The predicted octanol–water partition coefficient (Wildman–Crippen LogP) is 4.75. The third-order valence-corrected chi connectivity index (χ3v) is 4.14. The van der Waals surface area contributed by atoms with Gasteiger partial charge in [-0.25, -0.2) is 4.39 Å². The number of hydrogen-bond donors (Lipinski definition) is 1. The van der Waals surface area contributed by atoms with Gasteiger partial charge in [0, 0.05) is 5.02 Å². The summed E-state index contributed by atoms with van der Waals surface area (Å²) in [5.74, 6) is -0.0226. The van der Waals surface area contributed by atoms with Crippen LogP contribution in [0, 0.1) is 11.7 Å². The third-order valence-electron chi connectivity index (χ3n) is 3.47. The molecule has 0 aromatic heterocycles. The molecule has 1 unspecified atom stereocenters. The average Bonchev–Trinajstić information content (AvgIpc) is 2.46. The fraction of sp³-hybridized carbons (Fsp3) is 0.294. The lowest BCUT2D eigenvalue weighted by Crippen LogP contribution is -2.23. The normalized spacial score (nSPS) is 12.4. The highest BCUT2D eigenvalue weighted by molar-refractivity contribution is 6.31. The van der Waals surface area contributed by atoms with Crippen LogP contribution >= 0.6 is 23.2 Å². The molecule has 0 heterocycles. The molecule has 0 spiro atoms. The van der Waals surface area contributed by atoms with Crippen LogP contribution in [0.25, 0.3) is 0 Å². The number of halogens is 3. The first-order chi connectivity index (χ1) is 10.1. The van der Waals surface area contributed by atoms with Crippen molar-refractivity contribution in [2.75, 3.05) is 13.6 Å². The molecule has 0 aliphatic heterocycles. The maximum Gasteiger partial charge on any atom is 0.142 e. The van der Waals surface area contributed by atoms with Gasteiger partial charge in [0.2, 0.25) is 0 Å². The second-order valence-electron chi connectivity index (χ2n) is 5.17. The molecule has 0 saturated carbocycles. The van der Waals surface area contributed by atoms with Gasteiger partial charge in [-0.15, -0.1) is 0 Å². The zero-order valence-corrected chi connectivity index (χ0v) is 13.4. The van der Waals surface area contributed by atoms with E-state index in [1.54, 1.807) is 6.07 Å². The van der Waals surface area contributed by atoms with Crippen molar-refractivity contribution in [1.82, 2.24) is 5.32 Å². The fourth-order valence-electron chi connectivity index (χ4n) is 2.48. The van der Waals surface area contributed by atoms with Crippen molar-refractivity contribution < 1.29 is 4.39 Å². The smallest absolute Gasteiger partial charge is 0.142 e. The van der Waals surface area contributed by atoms with E-state index in [-0.39, 0.29) is 10.8 Å². The summed E-state index contributed by atoms with van der Waals surface area (Å²) in [7, 11) is 1.92. The van der Waals surface area contributed by atoms with E-state index < -0.39 is 0 Å². The molecule has 0 radical (unpaired) electrons. The van der Waals surface area contributed by atoms with Crippen LogP contribution < -0.4 is 5.32 Å². The first-order valence-corrected chi connectivity index (χ1v) is 7.67. The van der Waals surface area contributed by atoms with Crippen LogP contribution in [0.3, 0.4) is 0 Å². The lowest BCUT2D eigenvalue weighted by Gasteiger charge is -2.18. The van der Waals surface area contributed by atoms with Crippen LogP contribution in [0.4, 0.5) is 4.39 Å². The lowest BCUT2D eigenvalue weighted by molar-refractivity contribution is 0.492. The minimum absolute atomic E-state index is 0.162. The van der Waals surface area contributed by atoms with Crippen LogP contribution in [-0.4, -0.2) is 13.6 Å². The summed E-state index contributed by atoms with van der Waals surface area (Å²) in [6.07, 6.45) is 1.63. The highest BCUT2D eigenvalue weighted by atomic mass is 35.5. The molecule has 21 heavy (non-hydrogen) atoms. The van der Waals surface area contributed by atoms with E-state index >= 15 is 0 Å². The zero-order chi connectivity index (χ0) is 15.2. The van der Waals surface area contributed by atoms with Crippen molar-refractivity contribution in [2.24, 2.45) is 5.92 Å². The van der Waals surface area contributed by atoms with Gasteiger partial charge in [0.25, 0.3) is 0 Å². The van der Waals surface area contributed by atoms with Crippen molar-refractivity contribution in [3.8, 4) is 0 Å². The van der Waals surface area contributed by atoms with E-state index in [1.807, 2.05) is 37.4 Å². The third kappa shape index (κ3) is 4.70. The van der Waals surface area contributed by atoms with Gasteiger partial charge in [-0.2, -0.15) is 0 Å². The quantitative estimate of drug-likeness (QED) is 0.807. The second kappa shape index (κ2) is 7.79. The molecule has 0 amide bonds. The van der Waals surface area contributed by atoms with Gasteiger partial charge in [0.15, 0.2) is 0 Å². The maximum absolute atomic E-state index is 13.5. The summed E-state index contributed by atoms with van der Waals surface area (Å²) in [5.41, 5.74) is 2.07. The monoisotopic (exact) mass is 325 g/mol. The Hall–Kier alpha value is -1.09. The fourth-order valence-corrected chi connectivity index (χ4v) is 2.81. The minimum atomic E-state index is -0.366. The second-order valence-corrected chi connectivity index (χ2v) is 5.99. The molecule has 1 N–H and O–H groups in total. The average molecular weight is 326 g/mol. The first-order valence-electron chi connectivity index (χ1n) is 6.92. The molecule has 112 valence electrons. The lowest BCUT2D eigenvalue weighted by atomic mass is 9.92. The molecule has 2 aromatic carbocycles. The molecule has 0 saturated heterocycles. The Morgan fingerprint density at radius 3 is 2.48 bits per heavy atom. The molecule has 0 aliphatic carbocycles. The van der Waals surface area contributed by atoms with Crippen molar-refractivity contribution in [1.29, 1.82) is 0 Å². The first kappa shape index (κ1) is 16.3. The predicted molar refractivity (Wildman–Crippen MR) is 87.7 cm³/mol. The van der Waals surface area contributed by atoms with E-state index in [0.29, 0.717) is 5.92 Å². The molecule has 1 nitrogen and oxygen atoms in total. The van der Waals surface area contributed by atoms with Gasteiger partial charge in [-0.3, -0.25) is 0 Å². The van der Waals surface area contributed by atoms with Crippen LogP contribution in [-0.2, 0) is 12.8 Å². The number of rotatable bonds is 6. The summed E-state index contributed by atoms with van der Waals surface area (Å²) in [6, 6.07) is 12.8. The van der Waals surface area contributed by atoms with Crippen LogP contribution in [0.15, 0.2) is 42.5 Å². The Kier molecular flexibility index (Phi) is 6.04. The number of benzene rings is 2. The summed E-state index contributed by atoms with van der Waals surface area (Å²) < 4.78 is 13.5. The number of hydrogen-bond acceptors (Lipinski definition) is 1. The van der Waals surface area contributed by atoms with Crippen molar-refractivity contribution in [3.05, 3.63) is 69.5 Å². The standard InChI is InChI=1S/C17H18Cl2FN/c1-21-11-13(9-14-4-2-3-5-15(14)18)8-12-6-7-16(19)17(20)10-12/h2-7,10,13,21H,8-9,11H2,1H3. The number of nitrogens with one attached hydrogen (secondary N) is 1. The highest BCUT2D eigenvalue weighted by Crippen LogP contribution is 2.22. The molecular weight excluding hydrogens is 308 g/mol. The van der Waals surface area contributed by atoms with Crippen molar-refractivity contribution in [3.63, 3.8) is 0 Å². The van der Waals surface area contributed by atoms with Crippen LogP contribution in [0.1, 0.15) is 11.1 Å². The maximum atomic E-state index is 13.5. The Labute approximate surface area is 135 Å². The topological polar surface area (TPSA) is 12.0 Å². The molecule has 2 rings (SSSR count). The Morgan fingerprint density at radius 1 is 1.05 bits per heavy atom. The van der Waals surface area contributed by atoms with Crippen LogP contribution in [0.2, 0.25) is 10.0 Å². The van der Waals surface area contributed by atoms with E-state index in [9.17, 15) is 4.39 Å². The Morgan fingerprint density at radius 2 is 1.81 bits per heavy atom. The van der Waals surface area contributed by atoms with Crippen molar-refractivity contribution >= 4 is 23.2 Å². The molecule has 1 atom stereocenters. The van der Waals surface area contributed by atoms with Crippen LogP contribution in [0.5, 0.6) is 0 Å². The largest absolute Gasteiger partial charge is 0.319 e. The SMILES string of the molecule is CNCC(Cc1ccc(Cl)c(F)c1)Cc1ccccc1Cl. The summed E-state index contributed by atoms with van der Waals surface area (Å²) in [6.45, 7) is 0.843. The van der Waals surface area contributed by atoms with E-state index in [1.165, 1.54) is 6.07 Å². The molecule has 0 fully saturated rings. The molecule has 4 heteroatoms. The summed E-state index contributed by atoms with van der Waals surface area (Å²) >= 11 is 11.9. The Balaban J connectivity index is 2.11. The zero-order valence-electron chi connectivity index (χ0n) is 11.9. The summed E-state index contributed by atoms with van der Waals surface area (Å²) in [4.78, 5) is 0. The van der Waals surface area contributed by atoms with E-state index in [0.717, 1.165) is 35.5 Å². The molecule has 0 bridgehead atoms. The van der Waals surface area contributed by atoms with Gasteiger partial charge in [-0.05, 0) is 61.7 Å². The van der Waals surface area contributed by atoms with Gasteiger partial charge in [-0.1, -0.05) is 47.5 Å². The van der Waals surface area contributed by atoms with Gasteiger partial charge in [0.05, 0.1) is 5.02 Å².